The topological polar surface area (TPSA) is 85.5 Å². The van der Waals surface area contributed by atoms with Crippen LogP contribution in [0.4, 0.5) is 0 Å². The molecular weight excluding hydrogens is 340 g/mol. The van der Waals surface area contributed by atoms with E-state index in [-0.39, 0.29) is 11.8 Å². The van der Waals surface area contributed by atoms with Gasteiger partial charge in [-0.2, -0.15) is 5.26 Å². The first-order valence-electron chi connectivity index (χ1n) is 5.99. The molecule has 20 heavy (non-hydrogen) atoms. The zero-order chi connectivity index (χ0) is 14.4. The number of nitrogens with zero attached hydrogens (tertiary/aromatic N) is 2. The van der Waals surface area contributed by atoms with Crippen LogP contribution in [0.2, 0.25) is 0 Å². The van der Waals surface area contributed by atoms with Crippen LogP contribution in [0.5, 0.6) is 5.88 Å². The molecule has 0 radical (unpaired) electrons. The van der Waals surface area contributed by atoms with Crippen LogP contribution >= 0.6 is 27.3 Å². The van der Waals surface area contributed by atoms with Crippen molar-refractivity contribution in [3.05, 3.63) is 31.6 Å². The van der Waals surface area contributed by atoms with Gasteiger partial charge in [-0.15, -0.1) is 16.4 Å². The number of fused-ring (bicyclic) bond motifs is 1. The van der Waals surface area contributed by atoms with Crippen LogP contribution in [0.15, 0.2) is 10.5 Å². The maximum atomic E-state index is 9.41. The Morgan fingerprint density at radius 2 is 2.30 bits per heavy atom. The van der Waals surface area contributed by atoms with E-state index >= 15 is 0 Å². The van der Waals surface area contributed by atoms with E-state index in [2.05, 4.69) is 32.2 Å². The molecule has 2 unspecified atom stereocenters. The molecule has 0 aliphatic carbocycles. The first-order chi connectivity index (χ1) is 9.52. The Morgan fingerprint density at radius 3 is 2.90 bits per heavy atom. The van der Waals surface area contributed by atoms with Gasteiger partial charge < -0.3 is 4.74 Å². The molecule has 2 atom stereocenters. The highest BCUT2D eigenvalue weighted by Crippen LogP contribution is 2.46. The zero-order valence-corrected chi connectivity index (χ0v) is 13.2. The highest BCUT2D eigenvalue weighted by atomic mass is 79.9. The molecule has 1 aliphatic rings. The molecule has 3 rings (SSSR count). The molecule has 7 heteroatoms. The minimum absolute atomic E-state index is 0.0429. The summed E-state index contributed by atoms with van der Waals surface area (Å²) in [5, 5.41) is 24.3. The summed E-state index contributed by atoms with van der Waals surface area (Å²) in [6.07, 6.45) is 0. The van der Waals surface area contributed by atoms with Gasteiger partial charge in [0.25, 0.3) is 0 Å². The summed E-state index contributed by atoms with van der Waals surface area (Å²) in [5.74, 6) is -0.460. The van der Waals surface area contributed by atoms with E-state index in [0.29, 0.717) is 5.88 Å². The number of nitrogens with one attached hydrogen (secondary N) is 2. The first-order valence-corrected chi connectivity index (χ1v) is 7.60. The van der Waals surface area contributed by atoms with Gasteiger partial charge in [-0.3, -0.25) is 10.5 Å². The number of nitriles is 1. The van der Waals surface area contributed by atoms with Crippen molar-refractivity contribution in [1.82, 2.24) is 10.2 Å². The molecule has 1 aliphatic heterocycles. The predicted molar refractivity (Wildman–Crippen MR) is 79.4 cm³/mol. The molecule has 3 heterocycles. The first kappa shape index (κ1) is 13.3. The Hall–Kier alpha value is -1.65. The minimum Gasteiger partial charge on any atom is -0.422 e. The van der Waals surface area contributed by atoms with Crippen LogP contribution in [0.1, 0.15) is 26.9 Å². The molecular formula is C13H11BrN4OS. The molecule has 0 spiro atoms. The van der Waals surface area contributed by atoms with Gasteiger partial charge in [-0.05, 0) is 35.8 Å². The van der Waals surface area contributed by atoms with Crippen molar-refractivity contribution in [2.24, 2.45) is 5.92 Å². The lowest BCUT2D eigenvalue weighted by atomic mass is 9.83. The number of hydrogen-bond acceptors (Lipinski definition) is 5. The van der Waals surface area contributed by atoms with Crippen LogP contribution in [0, 0.1) is 36.5 Å². The molecule has 2 N–H and O–H groups in total. The van der Waals surface area contributed by atoms with Crippen molar-refractivity contribution in [2.45, 2.75) is 19.8 Å². The van der Waals surface area contributed by atoms with Crippen LogP contribution in [-0.2, 0) is 0 Å². The third-order valence-corrected chi connectivity index (χ3v) is 5.63. The van der Waals surface area contributed by atoms with Crippen molar-refractivity contribution >= 4 is 33.2 Å². The molecule has 102 valence electrons. The normalized spacial score (nSPS) is 21.2. The van der Waals surface area contributed by atoms with Gasteiger partial charge in [0.1, 0.15) is 5.92 Å². The Labute approximate surface area is 128 Å². The summed E-state index contributed by atoms with van der Waals surface area (Å²) in [7, 11) is 0. The molecule has 2 aromatic heterocycles. The molecule has 2 aromatic rings. The van der Waals surface area contributed by atoms with Crippen molar-refractivity contribution in [2.75, 3.05) is 0 Å². The summed E-state index contributed by atoms with van der Waals surface area (Å²) in [5.41, 5.74) is 1.75. The SMILES string of the molecule is Cc1[nH]nc2c1C(c1cc(Br)c(C)s1)C(C#N)C(=N)O2. The van der Waals surface area contributed by atoms with E-state index in [1.165, 1.54) is 0 Å². The third-order valence-electron chi connectivity index (χ3n) is 3.41. The number of rotatable bonds is 1. The van der Waals surface area contributed by atoms with Crippen molar-refractivity contribution in [3.63, 3.8) is 0 Å². The Kier molecular flexibility index (Phi) is 3.15. The molecule has 0 bridgehead atoms. The number of aromatic amines is 1. The number of H-pyrrole nitrogens is 1. The summed E-state index contributed by atoms with van der Waals surface area (Å²) in [6.45, 7) is 3.93. The maximum Gasteiger partial charge on any atom is 0.243 e. The summed E-state index contributed by atoms with van der Waals surface area (Å²) < 4.78 is 6.38. The average Bonchev–Trinajstić information content (AvgIpc) is 2.92. The number of halogens is 1. The molecule has 0 fully saturated rings. The van der Waals surface area contributed by atoms with Crippen LogP contribution in [0.3, 0.4) is 0 Å². The van der Waals surface area contributed by atoms with Crippen LogP contribution < -0.4 is 4.74 Å². The lowest BCUT2D eigenvalue weighted by Crippen LogP contribution is -2.30. The van der Waals surface area contributed by atoms with E-state index in [0.717, 1.165) is 25.5 Å². The number of aromatic nitrogens is 2. The van der Waals surface area contributed by atoms with E-state index < -0.39 is 5.92 Å². The monoisotopic (exact) mass is 350 g/mol. The Morgan fingerprint density at radius 1 is 1.55 bits per heavy atom. The van der Waals surface area contributed by atoms with Crippen molar-refractivity contribution < 1.29 is 4.74 Å². The van der Waals surface area contributed by atoms with Gasteiger partial charge in [0.15, 0.2) is 0 Å². The van der Waals surface area contributed by atoms with Gasteiger partial charge in [-0.1, -0.05) is 0 Å². The second kappa shape index (κ2) is 4.72. The number of thiophene rings is 1. The number of ether oxygens (including phenoxy) is 1. The number of hydrogen-bond donors (Lipinski definition) is 2. The standard InChI is InChI=1S/C13H11BrN4OS/c1-5-10-11(9-3-8(14)6(2)20-9)7(4-15)12(16)19-13(10)18-17-5/h3,7,11,16H,1-2H3,(H,17,18). The summed E-state index contributed by atoms with van der Waals surface area (Å²) in [4.78, 5) is 2.19. The predicted octanol–water partition coefficient (Wildman–Crippen LogP) is 3.49. The van der Waals surface area contributed by atoms with Crippen LogP contribution in [0.25, 0.3) is 0 Å². The highest BCUT2D eigenvalue weighted by Gasteiger charge is 2.40. The number of aryl methyl sites for hydroxylation is 2. The molecule has 5 nitrogen and oxygen atoms in total. The second-order valence-electron chi connectivity index (χ2n) is 4.67. The fourth-order valence-electron chi connectivity index (χ4n) is 2.42. The Balaban J connectivity index is 2.21. The minimum atomic E-state index is -0.622. The van der Waals surface area contributed by atoms with Crippen LogP contribution in [-0.4, -0.2) is 16.1 Å². The van der Waals surface area contributed by atoms with Gasteiger partial charge in [0, 0.05) is 25.5 Å². The van der Waals surface area contributed by atoms with E-state index in [9.17, 15) is 5.26 Å². The lowest BCUT2D eigenvalue weighted by Gasteiger charge is -2.26. The fraction of sp³-hybridized carbons (Fsp3) is 0.308. The molecule has 0 amide bonds. The van der Waals surface area contributed by atoms with Gasteiger partial charge in [-0.25, -0.2) is 0 Å². The van der Waals surface area contributed by atoms with Crippen molar-refractivity contribution in [1.29, 1.82) is 10.7 Å². The zero-order valence-electron chi connectivity index (χ0n) is 10.8. The average molecular weight is 351 g/mol. The summed E-state index contributed by atoms with van der Waals surface area (Å²) in [6, 6.07) is 4.21. The highest BCUT2D eigenvalue weighted by molar-refractivity contribution is 9.10. The second-order valence-corrected chi connectivity index (χ2v) is 6.81. The lowest BCUT2D eigenvalue weighted by molar-refractivity contribution is 0.438. The maximum absolute atomic E-state index is 9.41. The van der Waals surface area contributed by atoms with E-state index in [1.807, 2.05) is 19.9 Å². The van der Waals surface area contributed by atoms with Gasteiger partial charge >= 0.3 is 0 Å². The van der Waals surface area contributed by atoms with Crippen molar-refractivity contribution in [3.8, 4) is 11.9 Å². The Bertz CT molecular complexity index is 723. The molecule has 0 aromatic carbocycles. The van der Waals surface area contributed by atoms with Gasteiger partial charge in [0.05, 0.1) is 12.0 Å². The largest absolute Gasteiger partial charge is 0.422 e. The molecule has 0 saturated heterocycles. The smallest absolute Gasteiger partial charge is 0.243 e. The molecule has 0 saturated carbocycles. The summed E-state index contributed by atoms with van der Waals surface area (Å²) >= 11 is 5.13. The quantitative estimate of drug-likeness (QED) is 0.825. The fourth-order valence-corrected chi connectivity index (χ4v) is 4.13. The van der Waals surface area contributed by atoms with Gasteiger partial charge in [0.2, 0.25) is 11.8 Å². The third kappa shape index (κ3) is 1.87. The van der Waals surface area contributed by atoms with E-state index in [4.69, 9.17) is 10.1 Å². The van der Waals surface area contributed by atoms with E-state index in [1.54, 1.807) is 11.3 Å².